The van der Waals surface area contributed by atoms with Gasteiger partial charge in [0.2, 0.25) is 0 Å². The van der Waals surface area contributed by atoms with Crippen LogP contribution in [0.3, 0.4) is 0 Å². The van der Waals surface area contributed by atoms with E-state index in [1.165, 1.54) is 0 Å². The van der Waals surface area contributed by atoms with Crippen molar-refractivity contribution < 1.29 is 14.3 Å². The first-order valence-electron chi connectivity index (χ1n) is 7.77. The van der Waals surface area contributed by atoms with Crippen LogP contribution in [0.15, 0.2) is 48.5 Å². The summed E-state index contributed by atoms with van der Waals surface area (Å²) >= 11 is 0. The van der Waals surface area contributed by atoms with Crippen LogP contribution in [0.25, 0.3) is 10.9 Å². The maximum absolute atomic E-state index is 12.1. The zero-order chi connectivity index (χ0) is 16.9. The number of hydrogen-bond donors (Lipinski definition) is 2. The largest absolute Gasteiger partial charge is 0.493 e. The lowest BCUT2D eigenvalue weighted by Gasteiger charge is -2.10. The van der Waals surface area contributed by atoms with E-state index in [9.17, 15) is 4.79 Å². The fourth-order valence-electron chi connectivity index (χ4n) is 2.68. The molecule has 0 aliphatic heterocycles. The number of nitrogens with one attached hydrogen (secondary N) is 2. The van der Waals surface area contributed by atoms with E-state index in [0.29, 0.717) is 18.0 Å². The first-order chi connectivity index (χ1) is 11.7. The summed E-state index contributed by atoms with van der Waals surface area (Å²) in [7, 11) is 1.57. The quantitative estimate of drug-likeness (QED) is 0.732. The fourth-order valence-corrected chi connectivity index (χ4v) is 2.68. The first kappa shape index (κ1) is 15.9. The molecule has 1 heterocycles. The van der Waals surface area contributed by atoms with Gasteiger partial charge in [0.15, 0.2) is 18.1 Å². The average molecular weight is 324 g/mol. The van der Waals surface area contributed by atoms with Crippen LogP contribution in [-0.4, -0.2) is 24.6 Å². The molecule has 1 amide bonds. The molecule has 5 heteroatoms. The molecule has 0 spiro atoms. The van der Waals surface area contributed by atoms with Gasteiger partial charge in [-0.3, -0.25) is 4.79 Å². The van der Waals surface area contributed by atoms with Crippen LogP contribution in [0.2, 0.25) is 0 Å². The zero-order valence-corrected chi connectivity index (χ0v) is 13.8. The third kappa shape index (κ3) is 3.35. The van der Waals surface area contributed by atoms with Crippen molar-refractivity contribution in [2.45, 2.75) is 13.5 Å². The number of H-pyrrole nitrogens is 1. The molecule has 1 aromatic heterocycles. The molecule has 0 unspecified atom stereocenters. The van der Waals surface area contributed by atoms with Gasteiger partial charge in [0.1, 0.15) is 0 Å². The Kier molecular flexibility index (Phi) is 4.70. The Morgan fingerprint density at radius 2 is 1.79 bits per heavy atom. The molecule has 2 N–H and O–H groups in total. The number of carbonyl (C=O) groups is 1. The molecular formula is C19H20N2O3. The first-order valence-corrected chi connectivity index (χ1v) is 7.77. The lowest BCUT2D eigenvalue weighted by molar-refractivity contribution is -0.123. The molecule has 0 saturated carbocycles. The summed E-state index contributed by atoms with van der Waals surface area (Å²) in [5.41, 5.74) is 3.22. The van der Waals surface area contributed by atoms with E-state index in [0.717, 1.165) is 22.2 Å². The van der Waals surface area contributed by atoms with Gasteiger partial charge in [-0.1, -0.05) is 30.3 Å². The summed E-state index contributed by atoms with van der Waals surface area (Å²) in [6.07, 6.45) is 0. The topological polar surface area (TPSA) is 63.4 Å². The van der Waals surface area contributed by atoms with Crippen molar-refractivity contribution in [3.8, 4) is 11.5 Å². The number of carbonyl (C=O) groups excluding carboxylic acids is 1. The summed E-state index contributed by atoms with van der Waals surface area (Å²) in [6.45, 7) is 2.42. The standard InChI is InChI=1S/C19H20N2O3/c1-13-15(14-7-3-4-8-16(14)21-13)11-20-19(22)12-24-18-10-6-5-9-17(18)23-2/h3-10,21H,11-12H2,1-2H3,(H,20,22). The minimum Gasteiger partial charge on any atom is -0.493 e. The van der Waals surface area contributed by atoms with Crippen LogP contribution in [-0.2, 0) is 11.3 Å². The maximum Gasteiger partial charge on any atom is 0.258 e. The molecule has 2 aromatic carbocycles. The van der Waals surface area contributed by atoms with E-state index in [-0.39, 0.29) is 12.5 Å². The van der Waals surface area contributed by atoms with Crippen molar-refractivity contribution >= 4 is 16.8 Å². The molecule has 3 rings (SSSR count). The highest BCUT2D eigenvalue weighted by atomic mass is 16.5. The Hall–Kier alpha value is -2.95. The summed E-state index contributed by atoms with van der Waals surface area (Å²) in [5, 5.41) is 4.03. The molecule has 0 radical (unpaired) electrons. The molecule has 0 fully saturated rings. The second-order valence-corrected chi connectivity index (χ2v) is 5.49. The number of hydrogen-bond acceptors (Lipinski definition) is 3. The van der Waals surface area contributed by atoms with Crippen LogP contribution < -0.4 is 14.8 Å². The van der Waals surface area contributed by atoms with Gasteiger partial charge in [-0.05, 0) is 30.7 Å². The second-order valence-electron chi connectivity index (χ2n) is 5.49. The number of aromatic nitrogens is 1. The highest BCUT2D eigenvalue weighted by Crippen LogP contribution is 2.25. The molecule has 24 heavy (non-hydrogen) atoms. The number of amides is 1. The van der Waals surface area contributed by atoms with E-state index in [1.54, 1.807) is 19.2 Å². The molecular weight excluding hydrogens is 304 g/mol. The van der Waals surface area contributed by atoms with E-state index in [1.807, 2.05) is 43.3 Å². The number of methoxy groups -OCH3 is 1. The second kappa shape index (κ2) is 7.08. The molecule has 0 saturated heterocycles. The highest BCUT2D eigenvalue weighted by Gasteiger charge is 2.10. The Morgan fingerprint density at radius 1 is 1.08 bits per heavy atom. The van der Waals surface area contributed by atoms with Crippen LogP contribution >= 0.6 is 0 Å². The van der Waals surface area contributed by atoms with Gasteiger partial charge in [-0.25, -0.2) is 0 Å². The minimum absolute atomic E-state index is 0.0538. The van der Waals surface area contributed by atoms with Crippen LogP contribution in [0.5, 0.6) is 11.5 Å². The molecule has 0 aliphatic carbocycles. The van der Waals surface area contributed by atoms with Gasteiger partial charge >= 0.3 is 0 Å². The number of aromatic amines is 1. The van der Waals surface area contributed by atoms with E-state index in [2.05, 4.69) is 10.3 Å². The SMILES string of the molecule is COc1ccccc1OCC(=O)NCc1c(C)[nH]c2ccccc12. The van der Waals surface area contributed by atoms with Crippen molar-refractivity contribution in [3.63, 3.8) is 0 Å². The van der Waals surface area contributed by atoms with Gasteiger partial charge in [0, 0.05) is 23.1 Å². The summed E-state index contributed by atoms with van der Waals surface area (Å²) in [5.74, 6) is 0.988. The molecule has 124 valence electrons. The third-order valence-corrected chi connectivity index (χ3v) is 3.92. The predicted octanol–water partition coefficient (Wildman–Crippen LogP) is 3.18. The van der Waals surface area contributed by atoms with E-state index < -0.39 is 0 Å². The minimum atomic E-state index is -0.175. The van der Waals surface area contributed by atoms with Crippen LogP contribution in [0.1, 0.15) is 11.3 Å². The number of para-hydroxylation sites is 3. The van der Waals surface area contributed by atoms with Crippen LogP contribution in [0.4, 0.5) is 0 Å². The lowest BCUT2D eigenvalue weighted by atomic mass is 10.1. The smallest absolute Gasteiger partial charge is 0.258 e. The molecule has 0 bridgehead atoms. The number of aryl methyl sites for hydroxylation is 1. The number of fused-ring (bicyclic) bond motifs is 1. The Morgan fingerprint density at radius 3 is 2.58 bits per heavy atom. The molecule has 0 aliphatic rings. The number of benzene rings is 2. The van der Waals surface area contributed by atoms with Crippen molar-refractivity contribution in [2.75, 3.05) is 13.7 Å². The van der Waals surface area contributed by atoms with E-state index >= 15 is 0 Å². The fraction of sp³-hybridized carbons (Fsp3) is 0.211. The molecule has 5 nitrogen and oxygen atoms in total. The van der Waals surface area contributed by atoms with Gasteiger partial charge in [-0.15, -0.1) is 0 Å². The summed E-state index contributed by atoms with van der Waals surface area (Å²) < 4.78 is 10.7. The Labute approximate surface area is 140 Å². The van der Waals surface area contributed by atoms with Gasteiger partial charge in [0.05, 0.1) is 7.11 Å². The van der Waals surface area contributed by atoms with Crippen molar-refractivity contribution in [1.82, 2.24) is 10.3 Å². The summed E-state index contributed by atoms with van der Waals surface area (Å²) in [6, 6.07) is 15.3. The Bertz CT molecular complexity index is 855. The van der Waals surface area contributed by atoms with Crippen molar-refractivity contribution in [1.29, 1.82) is 0 Å². The van der Waals surface area contributed by atoms with Gasteiger partial charge in [0.25, 0.3) is 5.91 Å². The van der Waals surface area contributed by atoms with Crippen molar-refractivity contribution in [2.24, 2.45) is 0 Å². The predicted molar refractivity (Wildman–Crippen MR) is 93.4 cm³/mol. The monoisotopic (exact) mass is 324 g/mol. The normalized spacial score (nSPS) is 10.6. The summed E-state index contributed by atoms with van der Waals surface area (Å²) in [4.78, 5) is 15.4. The highest BCUT2D eigenvalue weighted by molar-refractivity contribution is 5.85. The zero-order valence-electron chi connectivity index (χ0n) is 13.8. The number of rotatable bonds is 6. The van der Waals surface area contributed by atoms with E-state index in [4.69, 9.17) is 9.47 Å². The Balaban J connectivity index is 1.60. The molecule has 0 atom stereocenters. The lowest BCUT2D eigenvalue weighted by Crippen LogP contribution is -2.28. The average Bonchev–Trinajstić information content (AvgIpc) is 2.93. The van der Waals surface area contributed by atoms with Crippen molar-refractivity contribution in [3.05, 3.63) is 59.8 Å². The van der Waals surface area contributed by atoms with Crippen LogP contribution in [0, 0.1) is 6.92 Å². The maximum atomic E-state index is 12.1. The van der Waals surface area contributed by atoms with Gasteiger partial charge in [-0.2, -0.15) is 0 Å². The molecule has 3 aromatic rings. The number of ether oxygens (including phenoxy) is 2. The third-order valence-electron chi connectivity index (χ3n) is 3.92. The van der Waals surface area contributed by atoms with Gasteiger partial charge < -0.3 is 19.8 Å².